The van der Waals surface area contributed by atoms with Gasteiger partial charge in [-0.3, -0.25) is 14.6 Å². The lowest BCUT2D eigenvalue weighted by molar-refractivity contribution is -0.140. The van der Waals surface area contributed by atoms with E-state index >= 15 is 17.6 Å². The minimum absolute atomic E-state index is 0.0214. The Kier molecular flexibility index (Phi) is 17.0. The second-order valence-electron chi connectivity index (χ2n) is 21.2. The fourth-order valence-corrected chi connectivity index (χ4v) is 11.5. The Bertz CT molecular complexity index is 3440. The number of carbonyl (C=O) groups excluding carboxylic acids is 2. The summed E-state index contributed by atoms with van der Waals surface area (Å²) in [6, 6.07) is 13.1. The molecule has 82 heavy (non-hydrogen) atoms. The summed E-state index contributed by atoms with van der Waals surface area (Å²) < 4.78 is 81.9. The maximum atomic E-state index is 15.8. The predicted molar refractivity (Wildman–Crippen MR) is 303 cm³/mol. The Morgan fingerprint density at radius 3 is 2.44 bits per heavy atom. The number of carbonyl (C=O) groups is 2. The molecule has 24 heteroatoms. The minimum Gasteiger partial charge on any atom is -0.486 e. The molecule has 0 radical (unpaired) electrons. The molecule has 2 aromatic heterocycles. The Labute approximate surface area is 475 Å². The molecule has 430 valence electrons. The highest BCUT2D eigenvalue weighted by atomic mass is 35.5. The SMILES string of the molecule is Cc1c(F)cc(N)c(C=N)c1-c1c(C(F)(F)F)cc2c(N3C[C@@H]4C[C@H]3CN4)nc(OC3CCOCC3)nc2c1OCc1ccc(/C(C=N[C@H](C(=O)N2CCC[C@H]2C(=O)NC(CO)c2ccc(-c3cnncc3Cl)cc2)C(C)C)=N/N)cc1. The number of nitrogens with zero attached hydrogens (tertiary/aromatic N) is 8. The number of nitrogen functional groups attached to an aromatic ring is 1. The molecule has 6 heterocycles. The third-order valence-electron chi connectivity index (χ3n) is 15.6. The number of benzene rings is 4. The summed E-state index contributed by atoms with van der Waals surface area (Å²) in [5.74, 6) is 3.81. The lowest BCUT2D eigenvalue weighted by Crippen LogP contribution is -2.50. The Morgan fingerprint density at radius 2 is 1.79 bits per heavy atom. The zero-order valence-electron chi connectivity index (χ0n) is 45.2. The Hall–Kier alpha value is -7.86. The van der Waals surface area contributed by atoms with E-state index in [1.807, 2.05) is 18.7 Å². The highest BCUT2D eigenvalue weighted by Gasteiger charge is 2.43. The van der Waals surface area contributed by atoms with Crippen LogP contribution in [0.25, 0.3) is 33.2 Å². The van der Waals surface area contributed by atoms with Gasteiger partial charge in [0.05, 0.1) is 55.1 Å². The first-order valence-electron chi connectivity index (χ1n) is 27.1. The number of rotatable bonds is 18. The van der Waals surface area contributed by atoms with Gasteiger partial charge in [-0.25, -0.2) is 4.39 Å². The average Bonchev–Trinajstić information content (AvgIpc) is 1.79. The van der Waals surface area contributed by atoms with Gasteiger partial charge in [0.15, 0.2) is 5.75 Å². The number of aliphatic hydroxyl groups is 1. The molecule has 4 saturated heterocycles. The number of likely N-dealkylation sites (tertiary alicyclic amines) is 1. The van der Waals surface area contributed by atoms with Crippen LogP contribution in [0.3, 0.4) is 0 Å². The molecule has 4 aliphatic rings. The lowest BCUT2D eigenvalue weighted by Gasteiger charge is -2.31. The van der Waals surface area contributed by atoms with Gasteiger partial charge in [0, 0.05) is 89.7 Å². The quantitative estimate of drug-likeness (QED) is 0.0158. The number of hydrazone groups is 1. The number of aliphatic hydroxyl groups excluding tert-OH is 1. The standard InChI is InChI=1S/C58H62ClF4N13O6/c1-30(2)51(56(79)75-16-4-5-48(75)55(78)71-47(28-77)35-12-10-33(11-13-35)41-24-69-70-25-43(41)59)68-26-46(74-66)34-8-6-32(7-9-34)29-81-53-50(49-31(3)44(60)21-45(65)40(49)22-64)42(58(61,62)63)20-39-52(53)72-57(82-38-14-17-80-18-15-38)73-54(39)76-27-36-19-37(76)23-67-36/h6-13,20-22,24-26,30,36-38,47-48,51,64,67,77H,4-5,14-19,23,27-29,65-66H2,1-3H3,(H,71,78)/b64-22?,68-26?,74-46+/t36-,37-,47?,48-,51-/m0/s1. The van der Waals surface area contributed by atoms with Crippen molar-refractivity contribution in [3.63, 3.8) is 0 Å². The fraction of sp³-hybridized carbons (Fsp3) is 0.397. The monoisotopic (exact) mass is 1150 g/mol. The van der Waals surface area contributed by atoms with Crippen LogP contribution < -0.4 is 36.6 Å². The zero-order valence-corrected chi connectivity index (χ0v) is 46.0. The van der Waals surface area contributed by atoms with E-state index in [1.165, 1.54) is 24.2 Å². The van der Waals surface area contributed by atoms with Crippen molar-refractivity contribution in [2.45, 2.75) is 102 Å². The maximum Gasteiger partial charge on any atom is 0.417 e. The highest BCUT2D eigenvalue weighted by Crippen LogP contribution is 2.51. The Morgan fingerprint density at radius 1 is 1.05 bits per heavy atom. The van der Waals surface area contributed by atoms with E-state index in [1.54, 1.807) is 54.7 Å². The van der Waals surface area contributed by atoms with E-state index in [4.69, 9.17) is 52.8 Å². The van der Waals surface area contributed by atoms with Gasteiger partial charge in [0.2, 0.25) is 11.8 Å². The van der Waals surface area contributed by atoms with Crippen molar-refractivity contribution in [2.75, 3.05) is 50.1 Å². The number of anilines is 2. The number of halogens is 5. The van der Waals surface area contributed by atoms with Crippen LogP contribution in [0, 0.1) is 24.1 Å². The average molecular weight is 1150 g/mol. The first-order valence-corrected chi connectivity index (χ1v) is 27.4. The number of amides is 2. The molecule has 2 bridgehead atoms. The van der Waals surface area contributed by atoms with Gasteiger partial charge in [-0.2, -0.15) is 38.4 Å². The van der Waals surface area contributed by atoms with Crippen molar-refractivity contribution >= 4 is 64.0 Å². The summed E-state index contributed by atoms with van der Waals surface area (Å²) in [6.07, 6.45) is 2.55. The van der Waals surface area contributed by atoms with E-state index < -0.39 is 53.8 Å². The molecule has 1 unspecified atom stereocenters. The van der Waals surface area contributed by atoms with E-state index in [2.05, 4.69) is 30.9 Å². The van der Waals surface area contributed by atoms with Crippen LogP contribution in [0.4, 0.5) is 29.1 Å². The van der Waals surface area contributed by atoms with Gasteiger partial charge >= 0.3 is 12.2 Å². The third-order valence-corrected chi connectivity index (χ3v) is 15.9. The lowest BCUT2D eigenvalue weighted by atomic mass is 9.88. The van der Waals surface area contributed by atoms with Gasteiger partial charge in [-0.1, -0.05) is 74.0 Å². The molecule has 0 aliphatic carbocycles. The zero-order chi connectivity index (χ0) is 58.0. The number of ether oxygens (including phenoxy) is 3. The van der Waals surface area contributed by atoms with Crippen LogP contribution in [0.5, 0.6) is 11.8 Å². The van der Waals surface area contributed by atoms with Crippen LogP contribution >= 0.6 is 11.6 Å². The molecule has 4 aromatic carbocycles. The van der Waals surface area contributed by atoms with Gasteiger partial charge < -0.3 is 56.7 Å². The number of hydrogen-bond acceptors (Lipinski definition) is 17. The van der Waals surface area contributed by atoms with Gasteiger partial charge in [-0.15, -0.1) is 0 Å². The topological polar surface area (TPSA) is 265 Å². The van der Waals surface area contributed by atoms with E-state index in [-0.39, 0.29) is 93.2 Å². The largest absolute Gasteiger partial charge is 0.486 e. The maximum absolute atomic E-state index is 15.8. The summed E-state index contributed by atoms with van der Waals surface area (Å²) in [6.45, 7) is 6.50. The second-order valence-corrected chi connectivity index (χ2v) is 21.6. The fourth-order valence-electron chi connectivity index (χ4n) is 11.3. The molecule has 5 atom stereocenters. The number of hydrogen-bond donors (Lipinski definition) is 6. The molecule has 2 amide bonds. The molecule has 4 fully saturated rings. The van der Waals surface area contributed by atoms with Crippen LogP contribution in [-0.2, 0) is 27.1 Å². The van der Waals surface area contributed by atoms with Crippen molar-refractivity contribution in [3.8, 4) is 34.0 Å². The molecule has 4 aliphatic heterocycles. The van der Waals surface area contributed by atoms with Crippen LogP contribution in [0.2, 0.25) is 5.02 Å². The predicted octanol–water partition coefficient (Wildman–Crippen LogP) is 7.74. The van der Waals surface area contributed by atoms with Gasteiger partial charge in [0.1, 0.15) is 47.7 Å². The van der Waals surface area contributed by atoms with Crippen molar-refractivity contribution in [3.05, 3.63) is 117 Å². The number of alkyl halides is 3. The molecule has 0 spiro atoms. The summed E-state index contributed by atoms with van der Waals surface area (Å²) >= 11 is 6.31. The van der Waals surface area contributed by atoms with Crippen LogP contribution in [-0.4, -0.2) is 130 Å². The summed E-state index contributed by atoms with van der Waals surface area (Å²) in [4.78, 5) is 46.0. The molecule has 8 N–H and O–H groups in total. The molecule has 0 saturated carbocycles. The molecule has 10 rings (SSSR count). The highest BCUT2D eigenvalue weighted by molar-refractivity contribution is 6.38. The Balaban J connectivity index is 0.925. The number of aliphatic imine (C=N–C) groups is 1. The van der Waals surface area contributed by atoms with Crippen LogP contribution in [0.15, 0.2) is 83.2 Å². The number of fused-ring (bicyclic) bond motifs is 3. The molecular weight excluding hydrogens is 1090 g/mol. The molecule has 6 aromatic rings. The van der Waals surface area contributed by atoms with E-state index in [9.17, 15) is 14.7 Å². The van der Waals surface area contributed by atoms with Crippen molar-refractivity contribution in [2.24, 2.45) is 21.9 Å². The molecular formula is C58H62ClF4N13O6. The van der Waals surface area contributed by atoms with E-state index in [0.717, 1.165) is 30.3 Å². The van der Waals surface area contributed by atoms with Gasteiger partial charge in [0.25, 0.3) is 0 Å². The summed E-state index contributed by atoms with van der Waals surface area (Å²) in [5, 5.41) is 37.2. The number of piperazine rings is 1. The molecule has 19 nitrogen and oxygen atoms in total. The minimum atomic E-state index is -5.05. The number of nitrogens with one attached hydrogen (secondary N) is 3. The summed E-state index contributed by atoms with van der Waals surface area (Å²) in [7, 11) is 0. The summed E-state index contributed by atoms with van der Waals surface area (Å²) in [5.41, 5.74) is 6.87. The van der Waals surface area contributed by atoms with Crippen molar-refractivity contribution < 1.29 is 46.5 Å². The number of aromatic nitrogens is 4. The van der Waals surface area contributed by atoms with Crippen molar-refractivity contribution in [1.29, 1.82) is 5.41 Å². The number of nitrogens with two attached hydrogens (primary N) is 2. The van der Waals surface area contributed by atoms with E-state index in [0.29, 0.717) is 85.8 Å². The second kappa shape index (κ2) is 24.3. The van der Waals surface area contributed by atoms with Crippen molar-refractivity contribution in [1.82, 2.24) is 35.7 Å². The first kappa shape index (κ1) is 57.4. The third kappa shape index (κ3) is 11.8. The first-order chi connectivity index (χ1) is 39.5. The smallest absolute Gasteiger partial charge is 0.417 e. The van der Waals surface area contributed by atoms with Gasteiger partial charge in [-0.05, 0) is 66.5 Å². The van der Waals surface area contributed by atoms with Crippen LogP contribution in [0.1, 0.15) is 85.4 Å². The normalized spacial score (nSPS) is 19.3.